The van der Waals surface area contributed by atoms with Crippen LogP contribution in [0.5, 0.6) is 0 Å². The molecule has 120 valence electrons. The summed E-state index contributed by atoms with van der Waals surface area (Å²) >= 11 is 0. The van der Waals surface area contributed by atoms with E-state index >= 15 is 0 Å². The van der Waals surface area contributed by atoms with Crippen LogP contribution in [0.2, 0.25) is 0 Å². The lowest BCUT2D eigenvalue weighted by molar-refractivity contribution is 1.32. The molecule has 0 fully saturated rings. The van der Waals surface area contributed by atoms with E-state index in [1.807, 2.05) is 24.4 Å². The van der Waals surface area contributed by atoms with Gasteiger partial charge < -0.3 is 0 Å². The normalized spacial score (nSPS) is 10.6. The number of pyridine rings is 1. The molecule has 0 spiro atoms. The summed E-state index contributed by atoms with van der Waals surface area (Å²) in [6.45, 7) is 2.16. The standard InChI is InChI=1S/C24H19N/c1-18-9-5-6-12-21(18)23-14-8-7-13-22(23)20-15-16-24(25-17-20)19-10-3-2-4-11-19/h2-17H,1H3. The Morgan fingerprint density at radius 2 is 1.16 bits per heavy atom. The largest absolute Gasteiger partial charge is 0.256 e. The van der Waals surface area contributed by atoms with E-state index in [9.17, 15) is 0 Å². The van der Waals surface area contributed by atoms with E-state index in [-0.39, 0.29) is 0 Å². The molecule has 0 aliphatic heterocycles. The summed E-state index contributed by atoms with van der Waals surface area (Å²) in [6.07, 6.45) is 1.97. The second kappa shape index (κ2) is 6.74. The Kier molecular flexibility index (Phi) is 4.14. The van der Waals surface area contributed by atoms with Gasteiger partial charge in [-0.2, -0.15) is 0 Å². The van der Waals surface area contributed by atoms with Crippen molar-refractivity contribution < 1.29 is 0 Å². The molecular formula is C24H19N. The van der Waals surface area contributed by atoms with Crippen LogP contribution < -0.4 is 0 Å². The highest BCUT2D eigenvalue weighted by Gasteiger charge is 2.09. The lowest BCUT2D eigenvalue weighted by Crippen LogP contribution is -1.89. The van der Waals surface area contributed by atoms with Crippen LogP contribution in [0.25, 0.3) is 33.5 Å². The molecule has 0 unspecified atom stereocenters. The summed E-state index contributed by atoms with van der Waals surface area (Å²) in [6, 6.07) is 31.6. The number of benzene rings is 3. The molecule has 0 amide bonds. The van der Waals surface area contributed by atoms with Crippen molar-refractivity contribution in [3.63, 3.8) is 0 Å². The quantitative estimate of drug-likeness (QED) is 0.426. The molecule has 3 aromatic carbocycles. The van der Waals surface area contributed by atoms with Crippen LogP contribution in [0.4, 0.5) is 0 Å². The molecule has 0 saturated heterocycles. The van der Waals surface area contributed by atoms with Crippen LogP contribution in [0, 0.1) is 6.92 Å². The molecule has 0 radical (unpaired) electrons. The summed E-state index contributed by atoms with van der Waals surface area (Å²) in [4.78, 5) is 4.68. The first kappa shape index (κ1) is 15.3. The Hall–Kier alpha value is -3.19. The number of aryl methyl sites for hydroxylation is 1. The monoisotopic (exact) mass is 321 g/mol. The Balaban J connectivity index is 1.78. The van der Waals surface area contributed by atoms with Gasteiger partial charge in [-0.25, -0.2) is 0 Å². The topological polar surface area (TPSA) is 12.9 Å². The van der Waals surface area contributed by atoms with Gasteiger partial charge in [0.05, 0.1) is 5.69 Å². The fourth-order valence-corrected chi connectivity index (χ4v) is 3.18. The van der Waals surface area contributed by atoms with Crippen molar-refractivity contribution in [3.05, 3.63) is 103 Å². The zero-order chi connectivity index (χ0) is 17.1. The molecule has 4 aromatic rings. The van der Waals surface area contributed by atoms with Crippen molar-refractivity contribution in [2.75, 3.05) is 0 Å². The first-order valence-corrected chi connectivity index (χ1v) is 8.50. The molecule has 0 atom stereocenters. The molecule has 0 N–H and O–H groups in total. The predicted octanol–water partition coefficient (Wildman–Crippen LogP) is 6.39. The molecule has 0 bridgehead atoms. The van der Waals surface area contributed by atoms with E-state index in [2.05, 4.69) is 84.7 Å². The number of nitrogens with zero attached hydrogens (tertiary/aromatic N) is 1. The van der Waals surface area contributed by atoms with Crippen molar-refractivity contribution in [3.8, 4) is 33.5 Å². The third kappa shape index (κ3) is 3.09. The fourth-order valence-electron chi connectivity index (χ4n) is 3.18. The minimum atomic E-state index is 0.998. The van der Waals surface area contributed by atoms with Gasteiger partial charge in [-0.15, -0.1) is 0 Å². The van der Waals surface area contributed by atoms with Crippen LogP contribution in [0.3, 0.4) is 0 Å². The van der Waals surface area contributed by atoms with Gasteiger partial charge in [0.2, 0.25) is 0 Å². The van der Waals surface area contributed by atoms with E-state index in [0.29, 0.717) is 0 Å². The predicted molar refractivity (Wildman–Crippen MR) is 105 cm³/mol. The van der Waals surface area contributed by atoms with E-state index in [1.54, 1.807) is 0 Å². The Bertz CT molecular complexity index is 986. The number of hydrogen-bond donors (Lipinski definition) is 0. The molecule has 1 nitrogen and oxygen atoms in total. The maximum Gasteiger partial charge on any atom is 0.0702 e. The van der Waals surface area contributed by atoms with Gasteiger partial charge in [-0.3, -0.25) is 4.98 Å². The second-order valence-corrected chi connectivity index (χ2v) is 6.16. The molecule has 25 heavy (non-hydrogen) atoms. The summed E-state index contributed by atoms with van der Waals surface area (Å²) in [5.41, 5.74) is 8.28. The molecule has 0 aliphatic rings. The molecular weight excluding hydrogens is 302 g/mol. The van der Waals surface area contributed by atoms with Gasteiger partial charge >= 0.3 is 0 Å². The van der Waals surface area contributed by atoms with Gasteiger partial charge in [-0.1, -0.05) is 84.9 Å². The third-order valence-electron chi connectivity index (χ3n) is 4.51. The first-order chi connectivity index (χ1) is 12.3. The average molecular weight is 321 g/mol. The van der Waals surface area contributed by atoms with E-state index < -0.39 is 0 Å². The van der Waals surface area contributed by atoms with Crippen LogP contribution in [0.1, 0.15) is 5.56 Å². The smallest absolute Gasteiger partial charge is 0.0702 e. The van der Waals surface area contributed by atoms with Crippen LogP contribution in [-0.4, -0.2) is 4.98 Å². The molecule has 4 rings (SSSR count). The van der Waals surface area contributed by atoms with Crippen LogP contribution >= 0.6 is 0 Å². The Morgan fingerprint density at radius 3 is 1.84 bits per heavy atom. The van der Waals surface area contributed by atoms with Crippen LogP contribution in [-0.2, 0) is 0 Å². The van der Waals surface area contributed by atoms with Crippen molar-refractivity contribution in [1.29, 1.82) is 0 Å². The summed E-state index contributed by atoms with van der Waals surface area (Å²) < 4.78 is 0. The molecule has 0 aliphatic carbocycles. The summed E-state index contributed by atoms with van der Waals surface area (Å²) in [5, 5.41) is 0. The number of rotatable bonds is 3. The van der Waals surface area contributed by atoms with Crippen molar-refractivity contribution in [1.82, 2.24) is 4.98 Å². The Morgan fingerprint density at radius 1 is 0.520 bits per heavy atom. The first-order valence-electron chi connectivity index (χ1n) is 8.50. The maximum absolute atomic E-state index is 4.68. The fraction of sp³-hybridized carbons (Fsp3) is 0.0417. The maximum atomic E-state index is 4.68. The van der Waals surface area contributed by atoms with Crippen molar-refractivity contribution in [2.24, 2.45) is 0 Å². The highest BCUT2D eigenvalue weighted by molar-refractivity contribution is 5.84. The lowest BCUT2D eigenvalue weighted by atomic mass is 9.93. The second-order valence-electron chi connectivity index (χ2n) is 6.16. The third-order valence-corrected chi connectivity index (χ3v) is 4.51. The highest BCUT2D eigenvalue weighted by atomic mass is 14.7. The minimum Gasteiger partial charge on any atom is -0.256 e. The SMILES string of the molecule is Cc1ccccc1-c1ccccc1-c1ccc(-c2ccccc2)nc1. The minimum absolute atomic E-state index is 0.998. The van der Waals surface area contributed by atoms with Crippen molar-refractivity contribution >= 4 is 0 Å². The van der Waals surface area contributed by atoms with Gasteiger partial charge in [0.1, 0.15) is 0 Å². The zero-order valence-corrected chi connectivity index (χ0v) is 14.2. The zero-order valence-electron chi connectivity index (χ0n) is 14.2. The van der Waals surface area contributed by atoms with E-state index in [4.69, 9.17) is 0 Å². The number of hydrogen-bond acceptors (Lipinski definition) is 1. The molecule has 0 saturated carbocycles. The highest BCUT2D eigenvalue weighted by Crippen LogP contribution is 2.33. The van der Waals surface area contributed by atoms with Gasteiger partial charge in [0.25, 0.3) is 0 Å². The summed E-state index contributed by atoms with van der Waals surface area (Å²) in [7, 11) is 0. The lowest BCUT2D eigenvalue weighted by Gasteiger charge is -2.12. The van der Waals surface area contributed by atoms with E-state index in [0.717, 1.165) is 16.8 Å². The Labute approximate surface area is 148 Å². The summed E-state index contributed by atoms with van der Waals surface area (Å²) in [5.74, 6) is 0. The van der Waals surface area contributed by atoms with Crippen molar-refractivity contribution in [2.45, 2.75) is 6.92 Å². The van der Waals surface area contributed by atoms with Gasteiger partial charge in [0, 0.05) is 17.3 Å². The molecule has 1 aromatic heterocycles. The average Bonchev–Trinajstić information content (AvgIpc) is 2.69. The van der Waals surface area contributed by atoms with Crippen LogP contribution in [0.15, 0.2) is 97.2 Å². The van der Waals surface area contributed by atoms with Gasteiger partial charge in [-0.05, 0) is 35.2 Å². The van der Waals surface area contributed by atoms with Gasteiger partial charge in [0.15, 0.2) is 0 Å². The van der Waals surface area contributed by atoms with E-state index in [1.165, 1.54) is 22.3 Å². The molecule has 1 heteroatoms. The molecule has 1 heterocycles. The number of aromatic nitrogens is 1.